The Labute approximate surface area is 377 Å². The van der Waals surface area contributed by atoms with Crippen LogP contribution in [0.3, 0.4) is 0 Å². The van der Waals surface area contributed by atoms with Crippen LogP contribution in [0.5, 0.6) is 5.75 Å². The normalized spacial score (nSPS) is 18.7. The van der Waals surface area contributed by atoms with Gasteiger partial charge in [0.15, 0.2) is 0 Å². The third kappa shape index (κ3) is 8.24. The number of piperidine rings is 3. The molecule has 3 aromatic carbocycles. The number of imide groups is 2. The standard InChI is InChI=1S/C45H47BrFN10O6P/c1-54-25-26(23-49-54)30-21-34(51-44-48-24-32(46)40(53-44)50-33-8-5-27(47)19-38(33)64(3,4)62)37(63-2)22-36(30)56-17-13-45(14-18-56)11-15-55(16-12-45)28-6-7-29-31(20-28)43(61)57(42(29)60)35-9-10-39(58)52-41(35)59/h5-8,19-25,35H,9-18H2,1-4H3,(H,52,58,59)(H2,48,50,51,53). The third-order valence-electron chi connectivity index (χ3n) is 12.9. The van der Waals surface area contributed by atoms with Crippen molar-refractivity contribution in [2.45, 2.75) is 44.6 Å². The Kier molecular flexibility index (Phi) is 11.3. The van der Waals surface area contributed by atoms with Gasteiger partial charge in [0.1, 0.15) is 30.6 Å². The van der Waals surface area contributed by atoms with Crippen LogP contribution in [-0.2, 0) is 21.2 Å². The van der Waals surface area contributed by atoms with Crippen molar-refractivity contribution in [3.05, 3.63) is 88.5 Å². The molecular formula is C45H47BrFN10O6P. The lowest BCUT2D eigenvalue weighted by Crippen LogP contribution is -2.54. The molecule has 6 heterocycles. The summed E-state index contributed by atoms with van der Waals surface area (Å²) in [5.74, 6) is -1.26. The minimum absolute atomic E-state index is 0.0734. The summed E-state index contributed by atoms with van der Waals surface area (Å²) in [5, 5.41) is 13.7. The Morgan fingerprint density at radius 3 is 2.27 bits per heavy atom. The van der Waals surface area contributed by atoms with Crippen molar-refractivity contribution in [2.24, 2.45) is 12.5 Å². The number of fused-ring (bicyclic) bond motifs is 1. The second-order valence-corrected chi connectivity index (χ2v) is 21.3. The quantitative estimate of drug-likeness (QED) is 0.0982. The lowest BCUT2D eigenvalue weighted by atomic mass is 9.71. The molecule has 4 amide bonds. The fourth-order valence-electron chi connectivity index (χ4n) is 9.32. The number of benzene rings is 3. The Morgan fingerprint density at radius 1 is 0.875 bits per heavy atom. The van der Waals surface area contributed by atoms with E-state index in [0.717, 1.165) is 79.3 Å². The van der Waals surface area contributed by atoms with Crippen LogP contribution >= 0.6 is 23.1 Å². The highest BCUT2D eigenvalue weighted by Gasteiger charge is 2.45. The van der Waals surface area contributed by atoms with Gasteiger partial charge in [0, 0.05) is 85.9 Å². The number of carbonyl (C=O) groups excluding carboxylic acids is 4. The smallest absolute Gasteiger partial charge is 0.262 e. The molecule has 0 aliphatic carbocycles. The maximum Gasteiger partial charge on any atom is 0.262 e. The Hall–Kier alpha value is -6.13. The van der Waals surface area contributed by atoms with Crippen molar-refractivity contribution < 1.29 is 32.9 Å². The highest BCUT2D eigenvalue weighted by atomic mass is 79.9. The van der Waals surface area contributed by atoms with E-state index in [-0.39, 0.29) is 35.3 Å². The Morgan fingerprint density at radius 2 is 1.59 bits per heavy atom. The predicted molar refractivity (Wildman–Crippen MR) is 245 cm³/mol. The summed E-state index contributed by atoms with van der Waals surface area (Å²) in [4.78, 5) is 66.0. The molecular weight excluding hydrogens is 906 g/mol. The van der Waals surface area contributed by atoms with E-state index < -0.39 is 42.6 Å². The predicted octanol–water partition coefficient (Wildman–Crippen LogP) is 6.81. The van der Waals surface area contributed by atoms with Crippen molar-refractivity contribution in [3.63, 3.8) is 0 Å². The number of rotatable bonds is 10. The molecule has 332 valence electrons. The second-order valence-electron chi connectivity index (χ2n) is 17.3. The van der Waals surface area contributed by atoms with Gasteiger partial charge in [0.2, 0.25) is 17.8 Å². The molecule has 5 aromatic rings. The van der Waals surface area contributed by atoms with Crippen LogP contribution < -0.4 is 35.8 Å². The summed E-state index contributed by atoms with van der Waals surface area (Å²) < 4.78 is 35.5. The van der Waals surface area contributed by atoms with Crippen LogP contribution in [0, 0.1) is 11.2 Å². The van der Waals surface area contributed by atoms with E-state index >= 15 is 0 Å². The number of aryl methyl sites for hydroxylation is 1. The van der Waals surface area contributed by atoms with Crippen LogP contribution in [0.2, 0.25) is 0 Å². The number of hydrogen-bond acceptors (Lipinski definition) is 13. The summed E-state index contributed by atoms with van der Waals surface area (Å²) in [7, 11) is 0.661. The lowest BCUT2D eigenvalue weighted by Gasteiger charge is -2.48. The number of amides is 4. The summed E-state index contributed by atoms with van der Waals surface area (Å²) in [6.07, 6.45) is 9.51. The minimum atomic E-state index is -2.84. The van der Waals surface area contributed by atoms with Gasteiger partial charge in [-0.25, -0.2) is 9.37 Å². The van der Waals surface area contributed by atoms with E-state index in [1.165, 1.54) is 12.1 Å². The number of anilines is 6. The van der Waals surface area contributed by atoms with Crippen molar-refractivity contribution in [1.82, 2.24) is 30.0 Å². The molecule has 4 aliphatic heterocycles. The van der Waals surface area contributed by atoms with Gasteiger partial charge in [-0.1, -0.05) is 0 Å². The number of ether oxygens (including phenoxy) is 1. The van der Waals surface area contributed by atoms with Gasteiger partial charge in [-0.2, -0.15) is 10.1 Å². The van der Waals surface area contributed by atoms with Crippen LogP contribution in [0.25, 0.3) is 11.1 Å². The second kappa shape index (κ2) is 16.8. The van der Waals surface area contributed by atoms with Crippen LogP contribution in [0.4, 0.5) is 38.9 Å². The summed E-state index contributed by atoms with van der Waals surface area (Å²) >= 11 is 3.52. The monoisotopic (exact) mass is 952 g/mol. The van der Waals surface area contributed by atoms with Crippen molar-refractivity contribution >= 4 is 86.5 Å². The van der Waals surface area contributed by atoms with E-state index in [4.69, 9.17) is 9.72 Å². The summed E-state index contributed by atoms with van der Waals surface area (Å²) in [6.45, 7) is 6.43. The highest BCUT2D eigenvalue weighted by molar-refractivity contribution is 9.10. The van der Waals surface area contributed by atoms with Gasteiger partial charge >= 0.3 is 0 Å². The van der Waals surface area contributed by atoms with Crippen molar-refractivity contribution in [3.8, 4) is 16.9 Å². The number of hydrogen-bond donors (Lipinski definition) is 3. The van der Waals surface area contributed by atoms with Crippen LogP contribution in [0.1, 0.15) is 59.2 Å². The Bertz CT molecular complexity index is 2780. The molecule has 0 saturated carbocycles. The Balaban J connectivity index is 0.902. The molecule has 2 aromatic heterocycles. The SMILES string of the molecule is COc1cc(N2CCC3(CCN(c4ccc5c(c4)C(=O)N(C4CCC(=O)NC4=O)C5=O)CC3)CC2)c(-c2cnn(C)c2)cc1Nc1ncc(Br)c(Nc2ccc(F)cc2P(C)(C)=O)n1. The molecule has 19 heteroatoms. The molecule has 0 radical (unpaired) electrons. The first-order valence-corrected chi connectivity index (χ1v) is 24.5. The van der Waals surface area contributed by atoms with Gasteiger partial charge in [0.05, 0.1) is 40.3 Å². The summed E-state index contributed by atoms with van der Waals surface area (Å²) in [5.41, 5.74) is 5.58. The number of aromatic nitrogens is 4. The van der Waals surface area contributed by atoms with E-state index in [9.17, 15) is 28.1 Å². The molecule has 1 spiro atoms. The maximum atomic E-state index is 14.2. The van der Waals surface area contributed by atoms with E-state index in [1.807, 2.05) is 37.6 Å². The van der Waals surface area contributed by atoms with Gasteiger partial charge in [-0.15, -0.1) is 0 Å². The molecule has 1 atom stereocenters. The third-order valence-corrected chi connectivity index (χ3v) is 15.0. The zero-order valence-electron chi connectivity index (χ0n) is 35.8. The van der Waals surface area contributed by atoms with Gasteiger partial charge in [0.25, 0.3) is 11.8 Å². The topological polar surface area (TPSA) is 184 Å². The molecule has 64 heavy (non-hydrogen) atoms. The van der Waals surface area contributed by atoms with Crippen LogP contribution in [0.15, 0.2) is 71.6 Å². The molecule has 16 nitrogen and oxygen atoms in total. The highest BCUT2D eigenvalue weighted by Crippen LogP contribution is 2.47. The molecule has 0 bridgehead atoms. The average Bonchev–Trinajstić information content (AvgIpc) is 3.81. The zero-order valence-corrected chi connectivity index (χ0v) is 38.3. The van der Waals surface area contributed by atoms with Crippen molar-refractivity contribution in [1.29, 1.82) is 0 Å². The number of nitrogens with zero attached hydrogens (tertiary/aromatic N) is 7. The fraction of sp³-hybridized carbons (Fsp3) is 0.356. The lowest BCUT2D eigenvalue weighted by molar-refractivity contribution is -0.136. The zero-order chi connectivity index (χ0) is 45.1. The minimum Gasteiger partial charge on any atom is -0.494 e. The first kappa shape index (κ1) is 43.1. The van der Waals surface area contributed by atoms with Gasteiger partial charge in [-0.05, 0) is 109 Å². The molecule has 1 unspecified atom stereocenters. The molecule has 3 saturated heterocycles. The van der Waals surface area contributed by atoms with E-state index in [2.05, 4.69) is 51.8 Å². The first-order valence-electron chi connectivity index (χ1n) is 21.1. The molecule has 3 N–H and O–H groups in total. The van der Waals surface area contributed by atoms with E-state index in [1.54, 1.807) is 49.5 Å². The number of carbonyl (C=O) groups is 4. The van der Waals surface area contributed by atoms with Gasteiger partial charge < -0.3 is 29.7 Å². The van der Waals surface area contributed by atoms with E-state index in [0.29, 0.717) is 32.7 Å². The molecule has 9 rings (SSSR count). The number of halogens is 2. The molecule has 3 fully saturated rings. The fourth-order valence-corrected chi connectivity index (χ4v) is 10.8. The first-order chi connectivity index (χ1) is 30.6. The van der Waals surface area contributed by atoms with Crippen LogP contribution in [-0.4, -0.2) is 101 Å². The van der Waals surface area contributed by atoms with Gasteiger partial charge in [-0.3, -0.25) is 34.1 Å². The summed E-state index contributed by atoms with van der Waals surface area (Å²) in [6, 6.07) is 12.5. The number of nitrogens with one attached hydrogen (secondary N) is 3. The van der Waals surface area contributed by atoms with Crippen molar-refractivity contribution in [2.75, 3.05) is 67.1 Å². The maximum absolute atomic E-state index is 14.2. The molecule has 4 aliphatic rings. The number of methoxy groups -OCH3 is 1. The average molecular weight is 954 g/mol. The largest absolute Gasteiger partial charge is 0.494 e.